The van der Waals surface area contributed by atoms with Gasteiger partial charge in [-0.05, 0) is 32.8 Å². The quantitative estimate of drug-likeness (QED) is 0.683. The van der Waals surface area contributed by atoms with Gasteiger partial charge in [-0.1, -0.05) is 20.8 Å². The van der Waals surface area contributed by atoms with E-state index in [-0.39, 0.29) is 11.0 Å². The van der Waals surface area contributed by atoms with Gasteiger partial charge in [-0.2, -0.15) is 0 Å². The van der Waals surface area contributed by atoms with Crippen molar-refractivity contribution < 1.29 is 4.74 Å². The van der Waals surface area contributed by atoms with E-state index in [0.29, 0.717) is 5.88 Å². The van der Waals surface area contributed by atoms with Crippen LogP contribution in [0, 0.1) is 5.41 Å². The van der Waals surface area contributed by atoms with Crippen molar-refractivity contribution in [2.45, 2.75) is 47.1 Å². The molecule has 0 aliphatic carbocycles. The maximum Gasteiger partial charge on any atom is 0.179 e. The van der Waals surface area contributed by atoms with Gasteiger partial charge in [0.05, 0.1) is 0 Å². The highest BCUT2D eigenvalue weighted by molar-refractivity contribution is 4.84. The first-order valence-electron chi connectivity index (χ1n) is 4.72. The fourth-order valence-electron chi connectivity index (χ4n) is 0.769. The summed E-state index contributed by atoms with van der Waals surface area (Å²) in [7, 11) is 0. The van der Waals surface area contributed by atoms with Crippen LogP contribution in [0.2, 0.25) is 0 Å². The van der Waals surface area contributed by atoms with Crippen molar-refractivity contribution in [3.63, 3.8) is 0 Å². The Morgan fingerprint density at radius 2 is 1.62 bits per heavy atom. The summed E-state index contributed by atoms with van der Waals surface area (Å²) in [5, 5.41) is 3.16. The van der Waals surface area contributed by atoms with Crippen LogP contribution in [0.15, 0.2) is 12.5 Å². The van der Waals surface area contributed by atoms with E-state index >= 15 is 0 Å². The van der Waals surface area contributed by atoms with Crippen LogP contribution in [0.1, 0.15) is 41.5 Å². The summed E-state index contributed by atoms with van der Waals surface area (Å²) in [6, 6.07) is 0. The molecule has 13 heavy (non-hydrogen) atoms. The Morgan fingerprint density at radius 1 is 1.15 bits per heavy atom. The zero-order valence-corrected chi connectivity index (χ0v) is 9.82. The molecular formula is C11H23NO. The van der Waals surface area contributed by atoms with E-state index in [9.17, 15) is 0 Å². The van der Waals surface area contributed by atoms with Gasteiger partial charge in [0.1, 0.15) is 5.60 Å². The summed E-state index contributed by atoms with van der Waals surface area (Å²) in [6.07, 6.45) is 0. The Balaban J connectivity index is 3.78. The lowest BCUT2D eigenvalue weighted by molar-refractivity contribution is 0.0393. The molecule has 0 aliphatic rings. The average Bonchev–Trinajstić information content (AvgIpc) is 1.78. The third-order valence-corrected chi connectivity index (χ3v) is 1.25. The van der Waals surface area contributed by atoms with Crippen molar-refractivity contribution in [3.8, 4) is 0 Å². The molecular weight excluding hydrogens is 162 g/mol. The molecule has 0 amide bonds. The summed E-state index contributed by atoms with van der Waals surface area (Å²) < 4.78 is 5.53. The molecule has 0 atom stereocenters. The molecule has 0 radical (unpaired) electrons. The molecule has 0 unspecified atom stereocenters. The van der Waals surface area contributed by atoms with Crippen molar-refractivity contribution in [2.75, 3.05) is 6.54 Å². The van der Waals surface area contributed by atoms with E-state index in [0.717, 1.165) is 6.54 Å². The molecule has 0 aromatic heterocycles. The summed E-state index contributed by atoms with van der Waals surface area (Å²) in [5.74, 6) is 0.655. The van der Waals surface area contributed by atoms with Gasteiger partial charge in [0.15, 0.2) is 5.88 Å². The van der Waals surface area contributed by atoms with E-state index in [4.69, 9.17) is 4.74 Å². The lowest BCUT2D eigenvalue weighted by Crippen LogP contribution is -2.30. The van der Waals surface area contributed by atoms with Crippen LogP contribution in [0.3, 0.4) is 0 Å². The van der Waals surface area contributed by atoms with Gasteiger partial charge < -0.3 is 10.1 Å². The molecule has 0 aromatic rings. The first-order chi connectivity index (χ1) is 5.60. The van der Waals surface area contributed by atoms with Gasteiger partial charge in [0.25, 0.3) is 0 Å². The Morgan fingerprint density at radius 3 is 1.92 bits per heavy atom. The normalized spacial score (nSPS) is 12.5. The van der Waals surface area contributed by atoms with Crippen molar-refractivity contribution in [1.29, 1.82) is 0 Å². The van der Waals surface area contributed by atoms with Crippen molar-refractivity contribution in [1.82, 2.24) is 5.32 Å². The number of ether oxygens (including phenoxy) is 1. The predicted octanol–water partition coefficient (Wildman–Crippen LogP) is 2.91. The predicted molar refractivity (Wildman–Crippen MR) is 57.4 cm³/mol. The van der Waals surface area contributed by atoms with Crippen molar-refractivity contribution >= 4 is 0 Å². The zero-order valence-electron chi connectivity index (χ0n) is 9.82. The van der Waals surface area contributed by atoms with E-state index in [2.05, 4.69) is 32.7 Å². The van der Waals surface area contributed by atoms with Crippen LogP contribution in [0.25, 0.3) is 0 Å². The summed E-state index contributed by atoms with van der Waals surface area (Å²) in [4.78, 5) is 0. The number of hydrogen-bond donors (Lipinski definition) is 1. The van der Waals surface area contributed by atoms with Crippen LogP contribution in [0.4, 0.5) is 0 Å². The first kappa shape index (κ1) is 12.3. The summed E-state index contributed by atoms with van der Waals surface area (Å²) >= 11 is 0. The highest BCUT2D eigenvalue weighted by atomic mass is 16.5. The molecule has 0 bridgehead atoms. The van der Waals surface area contributed by atoms with Crippen LogP contribution in [-0.2, 0) is 4.74 Å². The van der Waals surface area contributed by atoms with Crippen molar-refractivity contribution in [3.05, 3.63) is 12.5 Å². The fraction of sp³-hybridized carbons (Fsp3) is 0.818. The minimum atomic E-state index is -0.165. The third kappa shape index (κ3) is 9.25. The highest BCUT2D eigenvalue weighted by Crippen LogP contribution is 2.14. The lowest BCUT2D eigenvalue weighted by Gasteiger charge is -2.26. The largest absolute Gasteiger partial charge is 0.474 e. The lowest BCUT2D eigenvalue weighted by atomic mass is 9.97. The minimum absolute atomic E-state index is 0.165. The van der Waals surface area contributed by atoms with Gasteiger partial charge in [0.2, 0.25) is 0 Å². The van der Waals surface area contributed by atoms with Gasteiger partial charge in [-0.15, -0.1) is 0 Å². The van der Waals surface area contributed by atoms with Gasteiger partial charge in [0, 0.05) is 6.54 Å². The molecule has 0 spiro atoms. The van der Waals surface area contributed by atoms with E-state index < -0.39 is 0 Å². The Hall–Kier alpha value is -0.660. The monoisotopic (exact) mass is 185 g/mol. The number of hydrogen-bond acceptors (Lipinski definition) is 2. The molecule has 0 aliphatic heterocycles. The minimum Gasteiger partial charge on any atom is -0.474 e. The van der Waals surface area contributed by atoms with Gasteiger partial charge in [-0.25, -0.2) is 0 Å². The molecule has 0 saturated carbocycles. The van der Waals surface area contributed by atoms with Crippen LogP contribution in [-0.4, -0.2) is 12.1 Å². The summed E-state index contributed by atoms with van der Waals surface area (Å²) in [6.45, 7) is 17.2. The van der Waals surface area contributed by atoms with Gasteiger partial charge in [-0.3, -0.25) is 0 Å². The second kappa shape index (κ2) is 4.03. The molecule has 0 aromatic carbocycles. The third-order valence-electron chi connectivity index (χ3n) is 1.25. The average molecular weight is 185 g/mol. The molecule has 2 nitrogen and oxygen atoms in total. The number of nitrogens with one attached hydrogen (secondary N) is 1. The molecule has 0 fully saturated rings. The van der Waals surface area contributed by atoms with Crippen molar-refractivity contribution in [2.24, 2.45) is 5.41 Å². The van der Waals surface area contributed by atoms with Gasteiger partial charge >= 0.3 is 0 Å². The fourth-order valence-corrected chi connectivity index (χ4v) is 0.769. The molecule has 0 saturated heterocycles. The van der Waals surface area contributed by atoms with E-state index in [1.165, 1.54) is 0 Å². The molecule has 1 N–H and O–H groups in total. The SMILES string of the molecule is C=C(NCC(C)(C)C)OC(C)(C)C. The topological polar surface area (TPSA) is 21.3 Å². The molecule has 2 heteroatoms. The standard InChI is InChI=1S/C11H23NO/c1-9(13-11(5,6)7)12-8-10(2,3)4/h12H,1,8H2,2-7H3. The van der Waals surface area contributed by atoms with E-state index in [1.807, 2.05) is 20.8 Å². The Bertz CT molecular complexity index is 172. The second-order valence-electron chi connectivity index (χ2n) is 5.55. The van der Waals surface area contributed by atoms with Crippen LogP contribution < -0.4 is 5.32 Å². The van der Waals surface area contributed by atoms with Crippen LogP contribution in [0.5, 0.6) is 0 Å². The van der Waals surface area contributed by atoms with E-state index in [1.54, 1.807) is 0 Å². The Labute approximate surface area is 82.4 Å². The molecule has 78 valence electrons. The maximum absolute atomic E-state index is 5.53. The smallest absolute Gasteiger partial charge is 0.179 e. The molecule has 0 rings (SSSR count). The zero-order chi connectivity index (χ0) is 10.7. The maximum atomic E-state index is 5.53. The first-order valence-corrected chi connectivity index (χ1v) is 4.72. The second-order valence-corrected chi connectivity index (χ2v) is 5.55. The highest BCUT2D eigenvalue weighted by Gasteiger charge is 2.14. The Kier molecular flexibility index (Phi) is 3.83. The van der Waals surface area contributed by atoms with Crippen LogP contribution >= 0.6 is 0 Å². The number of rotatable bonds is 3. The summed E-state index contributed by atoms with van der Waals surface area (Å²) in [5.41, 5.74) is 0.0894. The molecule has 0 heterocycles.